The normalized spacial score (nSPS) is 17.1. The summed E-state index contributed by atoms with van der Waals surface area (Å²) in [6.07, 6.45) is 3.68. The second-order valence-corrected chi connectivity index (χ2v) is 5.71. The first kappa shape index (κ1) is 18.2. The molecule has 0 aromatic heterocycles. The Balaban J connectivity index is 2.08. The van der Waals surface area contributed by atoms with Gasteiger partial charge >= 0.3 is 0 Å². The quantitative estimate of drug-likeness (QED) is 0.331. The smallest absolute Gasteiger partial charge is 0.191 e. The third kappa shape index (κ3) is 8.24. The maximum absolute atomic E-state index is 5.43. The summed E-state index contributed by atoms with van der Waals surface area (Å²) in [6.45, 7) is 3.87. The van der Waals surface area contributed by atoms with Crippen molar-refractivity contribution in [3.05, 3.63) is 0 Å². The van der Waals surface area contributed by atoms with Crippen molar-refractivity contribution >= 4 is 5.96 Å². The highest BCUT2D eigenvalue weighted by Crippen LogP contribution is 2.34. The average molecular weight is 300 g/mol. The van der Waals surface area contributed by atoms with E-state index in [-0.39, 0.29) is 0 Å². The van der Waals surface area contributed by atoms with Crippen molar-refractivity contribution in [2.45, 2.75) is 25.3 Å². The lowest BCUT2D eigenvalue weighted by Crippen LogP contribution is -2.46. The molecule has 6 heteroatoms. The molecule has 21 heavy (non-hydrogen) atoms. The van der Waals surface area contributed by atoms with Crippen molar-refractivity contribution in [3.63, 3.8) is 0 Å². The summed E-state index contributed by atoms with van der Waals surface area (Å²) in [6, 6.07) is 0.598. The molecule has 0 aliphatic heterocycles. The molecule has 2 N–H and O–H groups in total. The molecule has 0 aromatic carbocycles. The van der Waals surface area contributed by atoms with Gasteiger partial charge in [-0.3, -0.25) is 4.99 Å². The molecule has 1 unspecified atom stereocenters. The molecule has 0 bridgehead atoms. The standard InChI is InChI=1S/C15H32N4O2/c1-16-15(17-8-5-9-21-11-10-20-4)18-12-14(19(2)3)13-6-7-13/h13-14H,5-12H2,1-4H3,(H2,16,17,18). The number of methoxy groups -OCH3 is 1. The number of aliphatic imine (C=N–C) groups is 1. The Kier molecular flexibility index (Phi) is 9.37. The first-order chi connectivity index (χ1) is 10.2. The second-order valence-electron chi connectivity index (χ2n) is 5.71. The Labute approximate surface area is 129 Å². The van der Waals surface area contributed by atoms with Crippen LogP contribution in [0.5, 0.6) is 0 Å². The second kappa shape index (κ2) is 10.8. The summed E-state index contributed by atoms with van der Waals surface area (Å²) >= 11 is 0. The van der Waals surface area contributed by atoms with Crippen LogP contribution in [0.2, 0.25) is 0 Å². The van der Waals surface area contributed by atoms with Gasteiger partial charge in [-0.25, -0.2) is 0 Å². The summed E-state index contributed by atoms with van der Waals surface area (Å²) in [5.41, 5.74) is 0. The van der Waals surface area contributed by atoms with Gasteiger partial charge in [0.05, 0.1) is 13.2 Å². The van der Waals surface area contributed by atoms with Crippen LogP contribution in [-0.4, -0.2) is 78.1 Å². The molecule has 0 amide bonds. The van der Waals surface area contributed by atoms with Crippen molar-refractivity contribution in [2.24, 2.45) is 10.9 Å². The monoisotopic (exact) mass is 300 g/mol. The zero-order chi connectivity index (χ0) is 15.5. The number of ether oxygens (including phenoxy) is 2. The van der Waals surface area contributed by atoms with Crippen LogP contribution in [0, 0.1) is 5.92 Å². The van der Waals surface area contributed by atoms with Gasteiger partial charge in [-0.15, -0.1) is 0 Å². The lowest BCUT2D eigenvalue weighted by molar-refractivity contribution is 0.0698. The molecule has 0 saturated heterocycles. The van der Waals surface area contributed by atoms with Crippen LogP contribution in [0.25, 0.3) is 0 Å². The Morgan fingerprint density at radius 1 is 1.24 bits per heavy atom. The Bertz CT molecular complexity index is 291. The van der Waals surface area contributed by atoms with Crippen LogP contribution >= 0.6 is 0 Å². The molecular formula is C15H32N4O2. The Morgan fingerprint density at radius 2 is 2.00 bits per heavy atom. The van der Waals surface area contributed by atoms with Gasteiger partial charge in [0, 0.05) is 39.9 Å². The summed E-state index contributed by atoms with van der Waals surface area (Å²) in [5.74, 6) is 1.72. The number of nitrogens with zero attached hydrogens (tertiary/aromatic N) is 2. The zero-order valence-electron chi connectivity index (χ0n) is 14.0. The lowest BCUT2D eigenvalue weighted by atomic mass is 10.1. The Morgan fingerprint density at radius 3 is 2.57 bits per heavy atom. The number of hydrogen-bond donors (Lipinski definition) is 2. The van der Waals surface area contributed by atoms with E-state index in [0.29, 0.717) is 19.3 Å². The van der Waals surface area contributed by atoms with Gasteiger partial charge in [0.1, 0.15) is 0 Å². The van der Waals surface area contributed by atoms with E-state index in [1.165, 1.54) is 12.8 Å². The third-order valence-electron chi connectivity index (χ3n) is 3.72. The number of hydrogen-bond acceptors (Lipinski definition) is 4. The topological polar surface area (TPSA) is 58.1 Å². The van der Waals surface area contributed by atoms with Gasteiger partial charge in [-0.2, -0.15) is 0 Å². The molecule has 1 atom stereocenters. The van der Waals surface area contributed by atoms with Crippen LogP contribution in [0.1, 0.15) is 19.3 Å². The fourth-order valence-electron chi connectivity index (χ4n) is 2.30. The number of nitrogens with one attached hydrogen (secondary N) is 2. The van der Waals surface area contributed by atoms with E-state index in [9.17, 15) is 0 Å². The molecule has 1 saturated carbocycles. The summed E-state index contributed by atoms with van der Waals surface area (Å²) in [5, 5.41) is 6.74. The SMILES string of the molecule is CN=C(NCCCOCCOC)NCC(C1CC1)N(C)C. The summed E-state index contributed by atoms with van der Waals surface area (Å²) < 4.78 is 10.4. The van der Waals surface area contributed by atoms with Gasteiger partial charge in [0.25, 0.3) is 0 Å². The number of guanidine groups is 1. The van der Waals surface area contributed by atoms with Crippen LogP contribution in [0.3, 0.4) is 0 Å². The predicted molar refractivity (Wildman–Crippen MR) is 86.9 cm³/mol. The summed E-state index contributed by atoms with van der Waals surface area (Å²) in [4.78, 5) is 6.57. The van der Waals surface area contributed by atoms with Gasteiger partial charge in [0.2, 0.25) is 0 Å². The third-order valence-corrected chi connectivity index (χ3v) is 3.72. The van der Waals surface area contributed by atoms with E-state index in [2.05, 4.69) is 34.6 Å². The highest BCUT2D eigenvalue weighted by Gasteiger charge is 2.32. The van der Waals surface area contributed by atoms with Gasteiger partial charge < -0.3 is 25.0 Å². The molecule has 1 fully saturated rings. The molecule has 1 rings (SSSR count). The van der Waals surface area contributed by atoms with E-state index < -0.39 is 0 Å². The number of rotatable bonds is 11. The molecule has 6 nitrogen and oxygen atoms in total. The van der Waals surface area contributed by atoms with Gasteiger partial charge in [-0.1, -0.05) is 0 Å². The zero-order valence-corrected chi connectivity index (χ0v) is 14.0. The number of likely N-dealkylation sites (N-methyl/N-ethyl adjacent to an activating group) is 1. The molecule has 1 aliphatic carbocycles. The maximum atomic E-state index is 5.43. The van der Waals surface area contributed by atoms with Crippen molar-refractivity contribution in [3.8, 4) is 0 Å². The fourth-order valence-corrected chi connectivity index (χ4v) is 2.30. The first-order valence-corrected chi connectivity index (χ1v) is 7.86. The van der Waals surface area contributed by atoms with E-state index in [4.69, 9.17) is 9.47 Å². The minimum atomic E-state index is 0.598. The minimum Gasteiger partial charge on any atom is -0.382 e. The molecular weight excluding hydrogens is 268 g/mol. The van der Waals surface area contributed by atoms with E-state index >= 15 is 0 Å². The molecule has 124 valence electrons. The first-order valence-electron chi connectivity index (χ1n) is 7.86. The van der Waals surface area contributed by atoms with E-state index in [1.807, 2.05) is 7.05 Å². The average Bonchev–Trinajstić information content (AvgIpc) is 3.28. The van der Waals surface area contributed by atoms with Crippen molar-refractivity contribution in [2.75, 3.05) is 61.2 Å². The fraction of sp³-hybridized carbons (Fsp3) is 0.933. The van der Waals surface area contributed by atoms with Crippen LogP contribution < -0.4 is 10.6 Å². The van der Waals surface area contributed by atoms with Gasteiger partial charge in [-0.05, 0) is 39.3 Å². The van der Waals surface area contributed by atoms with E-state index in [0.717, 1.165) is 38.0 Å². The molecule has 0 aromatic rings. The highest BCUT2D eigenvalue weighted by molar-refractivity contribution is 5.79. The molecule has 1 aliphatic rings. The van der Waals surface area contributed by atoms with Crippen molar-refractivity contribution in [1.82, 2.24) is 15.5 Å². The lowest BCUT2D eigenvalue weighted by Gasteiger charge is -2.25. The Hall–Kier alpha value is -0.850. The summed E-state index contributed by atoms with van der Waals surface area (Å²) in [7, 11) is 7.80. The predicted octanol–water partition coefficient (Wildman–Crippen LogP) is 0.545. The highest BCUT2D eigenvalue weighted by atomic mass is 16.5. The van der Waals surface area contributed by atoms with E-state index in [1.54, 1.807) is 7.11 Å². The maximum Gasteiger partial charge on any atom is 0.191 e. The van der Waals surface area contributed by atoms with Crippen LogP contribution in [0.4, 0.5) is 0 Å². The largest absolute Gasteiger partial charge is 0.382 e. The van der Waals surface area contributed by atoms with Crippen molar-refractivity contribution < 1.29 is 9.47 Å². The molecule has 0 heterocycles. The van der Waals surface area contributed by atoms with Crippen LogP contribution in [-0.2, 0) is 9.47 Å². The minimum absolute atomic E-state index is 0.598. The van der Waals surface area contributed by atoms with Crippen molar-refractivity contribution in [1.29, 1.82) is 0 Å². The molecule has 0 spiro atoms. The van der Waals surface area contributed by atoms with Crippen LogP contribution in [0.15, 0.2) is 4.99 Å². The van der Waals surface area contributed by atoms with Gasteiger partial charge in [0.15, 0.2) is 5.96 Å². The molecule has 0 radical (unpaired) electrons.